The molecule has 0 N–H and O–H groups in total. The van der Waals surface area contributed by atoms with Crippen LogP contribution in [0.15, 0.2) is 0 Å². The second-order valence-corrected chi connectivity index (χ2v) is 6.25. The van der Waals surface area contributed by atoms with E-state index in [1.807, 2.05) is 0 Å². The van der Waals surface area contributed by atoms with Crippen LogP contribution >= 0.6 is 0 Å². The van der Waals surface area contributed by atoms with Crippen LogP contribution in [-0.4, -0.2) is 57.5 Å². The second kappa shape index (κ2) is 5.76. The summed E-state index contributed by atoms with van der Waals surface area (Å²) in [7, 11) is -2.81. The van der Waals surface area contributed by atoms with Crippen molar-refractivity contribution in [2.45, 2.75) is 47.3 Å². The molecule has 18 heteroatoms. The van der Waals surface area contributed by atoms with Crippen molar-refractivity contribution in [1.82, 2.24) is 0 Å². The van der Waals surface area contributed by atoms with Crippen molar-refractivity contribution in [3.05, 3.63) is 0 Å². The van der Waals surface area contributed by atoms with Crippen LogP contribution in [0.3, 0.4) is 0 Å². The Hall–Kier alpha value is -0.973. The zero-order valence-electron chi connectivity index (χ0n) is 11.4. The van der Waals surface area contributed by atoms with Gasteiger partial charge in [-0.25, -0.2) is 4.39 Å². The lowest BCUT2D eigenvalue weighted by atomic mass is 9.91. The number of halogens is 17. The van der Waals surface area contributed by atoms with E-state index in [0.717, 1.165) is 0 Å². The fourth-order valence-electron chi connectivity index (χ4n) is 1.24. The van der Waals surface area contributed by atoms with Gasteiger partial charge in [-0.1, -0.05) is 0 Å². The molecule has 1 atom stereocenters. The van der Waals surface area contributed by atoms with Gasteiger partial charge in [-0.05, 0) is 0 Å². The maximum absolute atomic E-state index is 13.0. The van der Waals surface area contributed by atoms with E-state index in [9.17, 15) is 74.6 Å². The van der Waals surface area contributed by atoms with Crippen LogP contribution in [0, 0.1) is 0 Å². The van der Waals surface area contributed by atoms with Crippen molar-refractivity contribution < 1.29 is 74.6 Å². The average molecular weight is 450 g/mol. The van der Waals surface area contributed by atoms with Crippen LogP contribution in [0.25, 0.3) is 0 Å². The molecule has 0 aliphatic rings. The van der Waals surface area contributed by atoms with Crippen molar-refractivity contribution in [3.63, 3.8) is 0 Å². The summed E-state index contributed by atoms with van der Waals surface area (Å²) in [5.74, 6) is -41.1. The van der Waals surface area contributed by atoms with Crippen LogP contribution < -0.4 is 0 Å². The topological polar surface area (TPSA) is 0 Å². The van der Waals surface area contributed by atoms with Gasteiger partial charge in [0.15, 0.2) is 0 Å². The van der Waals surface area contributed by atoms with Crippen LogP contribution in [0.1, 0.15) is 0 Å². The van der Waals surface area contributed by atoms with Crippen LogP contribution in [0.5, 0.6) is 0 Å². The summed E-state index contributed by atoms with van der Waals surface area (Å²) in [5.41, 5.74) is 0. The molecule has 0 heterocycles. The van der Waals surface area contributed by atoms with Gasteiger partial charge in [0.25, 0.3) is 0 Å². The van der Waals surface area contributed by atoms with Crippen molar-refractivity contribution in [1.29, 1.82) is 0 Å². The predicted molar refractivity (Wildman–Crippen MR) is 50.6 cm³/mol. The van der Waals surface area contributed by atoms with Crippen molar-refractivity contribution in [2.75, 3.05) is 0 Å². The summed E-state index contributed by atoms with van der Waals surface area (Å²) in [6.45, 7) is 0. The summed E-state index contributed by atoms with van der Waals surface area (Å²) in [6, 6.07) is 0. The molecule has 0 aliphatic heterocycles. The van der Waals surface area contributed by atoms with Gasteiger partial charge in [0.2, 0.25) is 5.29 Å². The Balaban J connectivity index is 6.61. The van der Waals surface area contributed by atoms with Crippen LogP contribution in [-0.2, 0) is 0 Å². The first kappa shape index (κ1) is 25.0. The largest absolute Gasteiger partial charge is 0.460 e. The number of alkyl halides is 17. The quantitative estimate of drug-likeness (QED) is 0.433. The van der Waals surface area contributed by atoms with E-state index >= 15 is 0 Å². The maximum atomic E-state index is 13.0. The third kappa shape index (κ3) is 2.90. The molecule has 0 radical (unpaired) electrons. The molecule has 0 rings (SSSR count). The molecule has 0 amide bonds. The van der Waals surface area contributed by atoms with Crippen LogP contribution in [0.2, 0.25) is 0 Å². The number of hydrogen-bond donors (Lipinski definition) is 0. The molecule has 0 aromatic carbocycles. The van der Waals surface area contributed by atoms with Crippen LogP contribution in [0.4, 0.5) is 74.6 Å². The highest BCUT2D eigenvalue weighted by atomic mass is 28.1. The molecule has 0 saturated heterocycles. The molecular formula is C8H3F17Si. The van der Waals surface area contributed by atoms with E-state index < -0.39 is 57.5 Å². The molecule has 0 bridgehead atoms. The number of hydrogen-bond acceptors (Lipinski definition) is 0. The summed E-state index contributed by atoms with van der Waals surface area (Å²) in [4.78, 5) is 0. The third-order valence-corrected chi connectivity index (χ3v) is 4.25. The smallest absolute Gasteiger partial charge is 0.232 e. The third-order valence-electron chi connectivity index (χ3n) is 3.06. The fourth-order valence-corrected chi connectivity index (χ4v) is 1.56. The molecular weight excluding hydrogens is 447 g/mol. The standard InChI is InChI=1S/C8H3F17Si/c9-1(10,3(13,14)5(17,18)7(20,21)22)2(11,12)4(15,16)6(19,26)8(23,24)25/h26H3. The monoisotopic (exact) mass is 450 g/mol. The summed E-state index contributed by atoms with van der Waals surface area (Å²) in [5, 5.41) is -6.59. The Morgan fingerprint density at radius 2 is 0.538 bits per heavy atom. The summed E-state index contributed by atoms with van der Waals surface area (Å²) < 4.78 is 213. The highest BCUT2D eigenvalue weighted by Gasteiger charge is 2.94. The zero-order chi connectivity index (χ0) is 22.0. The first-order chi connectivity index (χ1) is 10.8. The Labute approximate surface area is 133 Å². The Kier molecular flexibility index (Phi) is 5.55. The average Bonchev–Trinajstić information content (AvgIpc) is 2.34. The van der Waals surface area contributed by atoms with Crippen molar-refractivity contribution in [3.8, 4) is 0 Å². The molecule has 0 aromatic rings. The van der Waals surface area contributed by atoms with Gasteiger partial charge < -0.3 is 0 Å². The number of rotatable bonds is 5. The van der Waals surface area contributed by atoms with Crippen molar-refractivity contribution in [2.24, 2.45) is 0 Å². The minimum Gasteiger partial charge on any atom is -0.232 e. The van der Waals surface area contributed by atoms with Gasteiger partial charge in [0, 0.05) is 0 Å². The van der Waals surface area contributed by atoms with Gasteiger partial charge in [0.05, 0.1) is 10.2 Å². The summed E-state index contributed by atoms with van der Waals surface area (Å²) >= 11 is 0. The Morgan fingerprint density at radius 1 is 0.308 bits per heavy atom. The minimum absolute atomic E-state index is 2.81. The lowest BCUT2D eigenvalue weighted by molar-refractivity contribution is -0.450. The summed E-state index contributed by atoms with van der Waals surface area (Å²) in [6.07, 6.45) is -14.8. The lowest BCUT2D eigenvalue weighted by Crippen LogP contribution is -2.75. The van der Waals surface area contributed by atoms with Gasteiger partial charge in [-0.3, -0.25) is 0 Å². The second-order valence-electron chi connectivity index (χ2n) is 4.87. The van der Waals surface area contributed by atoms with Gasteiger partial charge >= 0.3 is 42.0 Å². The SMILES string of the molecule is FC(F)(F)C(F)(F)C(F)(F)C(F)(F)C(F)(F)C(F)(F)C(F)([SiH3])C(F)(F)F. The molecule has 0 nitrogen and oxygen atoms in total. The molecule has 0 saturated carbocycles. The minimum atomic E-state index is -8.46. The van der Waals surface area contributed by atoms with E-state index in [0.29, 0.717) is 0 Å². The molecule has 0 fully saturated rings. The van der Waals surface area contributed by atoms with Crippen molar-refractivity contribution >= 4 is 10.2 Å². The van der Waals surface area contributed by atoms with Gasteiger partial charge in [-0.15, -0.1) is 0 Å². The highest BCUT2D eigenvalue weighted by Crippen LogP contribution is 2.63. The fraction of sp³-hybridized carbons (Fsp3) is 1.00. The Morgan fingerprint density at radius 3 is 0.769 bits per heavy atom. The first-order valence-corrected chi connectivity index (χ1v) is 6.46. The van der Waals surface area contributed by atoms with E-state index in [2.05, 4.69) is 0 Å². The predicted octanol–water partition coefficient (Wildman–Crippen LogP) is 4.32. The lowest BCUT2D eigenvalue weighted by Gasteiger charge is -2.43. The first-order valence-electron chi connectivity index (χ1n) is 5.46. The molecule has 0 aromatic heterocycles. The molecule has 0 spiro atoms. The maximum Gasteiger partial charge on any atom is 0.460 e. The van der Waals surface area contributed by atoms with E-state index in [-0.39, 0.29) is 0 Å². The molecule has 158 valence electrons. The highest BCUT2D eigenvalue weighted by molar-refractivity contribution is 6.16. The molecule has 1 unspecified atom stereocenters. The van der Waals surface area contributed by atoms with E-state index in [4.69, 9.17) is 0 Å². The van der Waals surface area contributed by atoms with Gasteiger partial charge in [0.1, 0.15) is 0 Å². The molecule has 26 heavy (non-hydrogen) atoms. The normalized spacial score (nSPS) is 18.8. The van der Waals surface area contributed by atoms with E-state index in [1.165, 1.54) is 0 Å². The molecule has 0 aliphatic carbocycles. The zero-order valence-corrected chi connectivity index (χ0v) is 13.4. The van der Waals surface area contributed by atoms with Gasteiger partial charge in [-0.2, -0.15) is 70.2 Å². The van der Waals surface area contributed by atoms with E-state index in [1.54, 1.807) is 0 Å². The Bertz CT molecular complexity index is 474.